The van der Waals surface area contributed by atoms with Crippen molar-refractivity contribution in [1.82, 2.24) is 26.2 Å². The van der Waals surface area contributed by atoms with Crippen molar-refractivity contribution in [2.45, 2.75) is 94.9 Å². The van der Waals surface area contributed by atoms with E-state index in [2.05, 4.69) is 21.3 Å². The van der Waals surface area contributed by atoms with E-state index in [9.17, 15) is 29.1 Å². The molecule has 11 N–H and O–H groups in total. The van der Waals surface area contributed by atoms with Crippen LogP contribution in [0.1, 0.15) is 63.5 Å². The van der Waals surface area contributed by atoms with Crippen molar-refractivity contribution in [3.63, 3.8) is 0 Å². The highest BCUT2D eigenvalue weighted by molar-refractivity contribution is 5.95. The molecule has 0 radical (unpaired) electrons. The number of hydrogen-bond donors (Lipinski definition) is 8. The van der Waals surface area contributed by atoms with Crippen molar-refractivity contribution in [1.29, 1.82) is 0 Å². The predicted octanol–water partition coefficient (Wildman–Crippen LogP) is 0.423. The van der Waals surface area contributed by atoms with Crippen molar-refractivity contribution < 1.29 is 29.1 Å². The van der Waals surface area contributed by atoms with E-state index in [1.807, 2.05) is 74.5 Å². The van der Waals surface area contributed by atoms with Gasteiger partial charge in [-0.25, -0.2) is 0 Å². The summed E-state index contributed by atoms with van der Waals surface area (Å²) in [5.41, 5.74) is 18.2. The van der Waals surface area contributed by atoms with Crippen molar-refractivity contribution in [3.8, 4) is 0 Å². The Balaban J connectivity index is 1.77. The third-order valence-corrected chi connectivity index (χ3v) is 9.32. The molecule has 1 aliphatic rings. The number of carbonyl (C=O) groups is 5. The van der Waals surface area contributed by atoms with Crippen LogP contribution in [0.5, 0.6) is 0 Å². The highest BCUT2D eigenvalue weighted by Gasteiger charge is 2.40. The van der Waals surface area contributed by atoms with Crippen LogP contribution in [0.4, 0.5) is 0 Å². The maximum absolute atomic E-state index is 14.0. The summed E-state index contributed by atoms with van der Waals surface area (Å²) in [6.07, 6.45) is 2.60. The van der Waals surface area contributed by atoms with Gasteiger partial charge in [-0.2, -0.15) is 0 Å². The molecule has 2 aromatic rings. The Kier molecular flexibility index (Phi) is 17.2. The predicted molar refractivity (Wildman–Crippen MR) is 200 cm³/mol. The van der Waals surface area contributed by atoms with Crippen LogP contribution in [0, 0.1) is 5.92 Å². The highest BCUT2D eigenvalue weighted by Crippen LogP contribution is 2.21. The molecule has 0 aromatic heterocycles. The second-order valence-electron chi connectivity index (χ2n) is 14.1. The van der Waals surface area contributed by atoms with Crippen LogP contribution >= 0.6 is 0 Å². The summed E-state index contributed by atoms with van der Waals surface area (Å²) in [4.78, 5) is 68.3. The topological polar surface area (TPSA) is 235 Å². The van der Waals surface area contributed by atoms with E-state index in [1.54, 1.807) is 4.90 Å². The zero-order chi connectivity index (χ0) is 38.1. The number of amides is 4. The summed E-state index contributed by atoms with van der Waals surface area (Å²) >= 11 is 0. The Labute approximate surface area is 307 Å². The molecular formula is C38H58N8O6. The lowest BCUT2D eigenvalue weighted by molar-refractivity contribution is -0.148. The van der Waals surface area contributed by atoms with Gasteiger partial charge in [-0.1, -0.05) is 74.5 Å². The van der Waals surface area contributed by atoms with Gasteiger partial charge in [-0.15, -0.1) is 0 Å². The summed E-state index contributed by atoms with van der Waals surface area (Å²) in [5, 5.41) is 21.4. The van der Waals surface area contributed by atoms with Gasteiger partial charge in [0.2, 0.25) is 23.6 Å². The van der Waals surface area contributed by atoms with Gasteiger partial charge in [-0.05, 0) is 68.5 Å². The Morgan fingerprint density at radius 1 is 0.769 bits per heavy atom. The van der Waals surface area contributed by atoms with Crippen molar-refractivity contribution in [3.05, 3.63) is 71.8 Å². The van der Waals surface area contributed by atoms with Gasteiger partial charge < -0.3 is 48.5 Å². The number of rotatable bonds is 21. The summed E-state index contributed by atoms with van der Waals surface area (Å²) in [6, 6.07) is 14.7. The Morgan fingerprint density at radius 2 is 1.31 bits per heavy atom. The van der Waals surface area contributed by atoms with E-state index in [0.29, 0.717) is 32.5 Å². The fourth-order valence-electron chi connectivity index (χ4n) is 6.19. The van der Waals surface area contributed by atoms with Crippen molar-refractivity contribution >= 4 is 29.6 Å². The van der Waals surface area contributed by atoms with Crippen LogP contribution in [0.25, 0.3) is 0 Å². The molecule has 52 heavy (non-hydrogen) atoms. The van der Waals surface area contributed by atoms with E-state index in [0.717, 1.165) is 17.5 Å². The lowest BCUT2D eigenvalue weighted by atomic mass is 9.88. The summed E-state index contributed by atoms with van der Waals surface area (Å²) < 4.78 is 0. The smallest absolute Gasteiger partial charge is 0.323 e. The van der Waals surface area contributed by atoms with Gasteiger partial charge in [0.05, 0.1) is 6.04 Å². The maximum Gasteiger partial charge on any atom is 0.323 e. The van der Waals surface area contributed by atoms with E-state index in [4.69, 9.17) is 17.2 Å². The number of aliphatic carboxylic acids is 1. The molecule has 14 heteroatoms. The number of carbonyl (C=O) groups excluding carboxylic acids is 4. The first-order valence-electron chi connectivity index (χ1n) is 18.3. The molecule has 1 saturated heterocycles. The molecule has 0 saturated carbocycles. The monoisotopic (exact) mass is 722 g/mol. The summed E-state index contributed by atoms with van der Waals surface area (Å²) in [6.45, 7) is 5.99. The number of nitrogens with two attached hydrogens (primary N) is 3. The number of benzene rings is 2. The zero-order valence-corrected chi connectivity index (χ0v) is 30.5. The molecule has 0 spiro atoms. The number of nitrogens with zero attached hydrogens (tertiary/aromatic N) is 1. The molecule has 3 rings (SSSR count). The molecule has 4 amide bonds. The minimum absolute atomic E-state index is 0.00364. The summed E-state index contributed by atoms with van der Waals surface area (Å²) in [7, 11) is 0. The molecule has 0 aliphatic carbocycles. The first kappa shape index (κ1) is 42.0. The van der Waals surface area contributed by atoms with Gasteiger partial charge >= 0.3 is 5.97 Å². The molecule has 2 aromatic carbocycles. The van der Waals surface area contributed by atoms with Gasteiger partial charge in [0.1, 0.15) is 23.7 Å². The third kappa shape index (κ3) is 13.6. The number of likely N-dealkylation sites (tertiary alicyclic amines) is 1. The number of carboxylic acid groups (broad SMARTS) is 1. The third-order valence-electron chi connectivity index (χ3n) is 9.32. The van der Waals surface area contributed by atoms with Crippen LogP contribution in [0.15, 0.2) is 60.7 Å². The average molecular weight is 723 g/mol. The largest absolute Gasteiger partial charge is 0.480 e. The van der Waals surface area contributed by atoms with E-state index in [1.165, 1.54) is 0 Å². The molecule has 1 aliphatic heterocycles. The standard InChI is InChI=1S/C38H58N8O6/c1-26(2)23-31(34(48)43-30(15-9-10-19-42-20-18-39)36(50)46-21-16-38(41,17-22-46)37(51)52)45-35(49)32(25-28-13-7-4-8-14-28)44-33(47)29(40)24-27-11-5-3-6-12-27/h3-8,11-14,26,29-32,42H,9-10,15-25,39-41H2,1-2H3,(H,43,48)(H,44,47)(H,45,49)(H,51,52). The minimum Gasteiger partial charge on any atom is -0.480 e. The molecule has 14 nitrogen and oxygen atoms in total. The number of nitrogens with one attached hydrogen (secondary N) is 4. The minimum atomic E-state index is -1.41. The molecule has 1 heterocycles. The molecule has 0 bridgehead atoms. The first-order valence-corrected chi connectivity index (χ1v) is 18.3. The van der Waals surface area contributed by atoms with E-state index in [-0.39, 0.29) is 57.0 Å². The normalized spacial score (nSPS) is 16.3. The fraction of sp³-hybridized carbons (Fsp3) is 0.553. The molecular weight excluding hydrogens is 664 g/mol. The number of carboxylic acids is 1. The van der Waals surface area contributed by atoms with Crippen molar-refractivity contribution in [2.24, 2.45) is 23.1 Å². The molecule has 4 atom stereocenters. The number of unbranched alkanes of at least 4 members (excludes halogenated alkanes) is 1. The van der Waals surface area contributed by atoms with E-state index < -0.39 is 53.4 Å². The summed E-state index contributed by atoms with van der Waals surface area (Å²) in [5.74, 6) is -3.02. The van der Waals surface area contributed by atoms with Crippen LogP contribution in [0.3, 0.4) is 0 Å². The van der Waals surface area contributed by atoms with Crippen LogP contribution in [0.2, 0.25) is 0 Å². The molecule has 286 valence electrons. The van der Waals surface area contributed by atoms with Crippen LogP contribution < -0.4 is 38.5 Å². The molecule has 4 unspecified atom stereocenters. The quantitative estimate of drug-likeness (QED) is 0.0828. The molecule has 1 fully saturated rings. The number of hydrogen-bond acceptors (Lipinski definition) is 9. The van der Waals surface area contributed by atoms with Gasteiger partial charge in [0.15, 0.2) is 0 Å². The second-order valence-corrected chi connectivity index (χ2v) is 14.1. The van der Waals surface area contributed by atoms with E-state index >= 15 is 0 Å². The van der Waals surface area contributed by atoms with Crippen LogP contribution in [-0.4, -0.2) is 102 Å². The lowest BCUT2D eigenvalue weighted by Crippen LogP contribution is -2.60. The Bertz CT molecular complexity index is 1440. The SMILES string of the molecule is CC(C)CC(NC(=O)C(Cc1ccccc1)NC(=O)C(N)Cc1ccccc1)C(=O)NC(CCCCNCCN)C(=O)N1CCC(N)(C(=O)O)CC1. The fourth-order valence-corrected chi connectivity index (χ4v) is 6.19. The number of piperidine rings is 1. The van der Waals surface area contributed by atoms with Crippen molar-refractivity contribution in [2.75, 3.05) is 32.7 Å². The maximum atomic E-state index is 14.0. The van der Waals surface area contributed by atoms with Gasteiger partial charge in [-0.3, -0.25) is 24.0 Å². The first-order chi connectivity index (χ1) is 24.8. The average Bonchev–Trinajstić information content (AvgIpc) is 3.12. The Hall–Kier alpha value is -4.37. The highest BCUT2D eigenvalue weighted by atomic mass is 16.4. The lowest BCUT2D eigenvalue weighted by Gasteiger charge is -2.38. The zero-order valence-electron chi connectivity index (χ0n) is 30.5. The van der Waals surface area contributed by atoms with Gasteiger partial charge in [0, 0.05) is 32.6 Å². The second kappa shape index (κ2) is 21.2. The van der Waals surface area contributed by atoms with Gasteiger partial charge in [0.25, 0.3) is 0 Å². The Morgan fingerprint density at radius 3 is 1.87 bits per heavy atom. The van der Waals surface area contributed by atoms with Crippen LogP contribution in [-0.2, 0) is 36.8 Å².